The van der Waals surface area contributed by atoms with Crippen LogP contribution in [0.5, 0.6) is 11.5 Å². The monoisotopic (exact) mass is 474 g/mol. The van der Waals surface area contributed by atoms with Gasteiger partial charge in [0.15, 0.2) is 0 Å². The number of aromatic nitrogens is 2. The van der Waals surface area contributed by atoms with Crippen molar-refractivity contribution in [3.63, 3.8) is 0 Å². The number of β-amino-alcohol motifs (C(OH)–C–C–N with tert-alkyl or cyclic N) is 1. The Labute approximate surface area is 203 Å². The van der Waals surface area contributed by atoms with E-state index in [0.717, 1.165) is 59.2 Å². The van der Waals surface area contributed by atoms with Crippen LogP contribution in [0.15, 0.2) is 59.5 Å². The van der Waals surface area contributed by atoms with E-state index in [1.165, 1.54) is 6.07 Å². The second-order valence-electron chi connectivity index (χ2n) is 9.12. The number of phenols is 1. The number of aliphatic hydroxyl groups excluding tert-OH is 1. The number of ether oxygens (including phenoxy) is 1. The predicted octanol–water partition coefficient (Wildman–Crippen LogP) is 3.08. The first-order valence-corrected chi connectivity index (χ1v) is 11.9. The summed E-state index contributed by atoms with van der Waals surface area (Å²) in [4.78, 5) is 21.9. The molecule has 0 unspecified atom stereocenters. The normalized spacial score (nSPS) is 16.1. The third kappa shape index (κ3) is 5.00. The maximum absolute atomic E-state index is 12.4. The molecule has 1 saturated heterocycles. The highest BCUT2D eigenvalue weighted by molar-refractivity contribution is 5.87. The van der Waals surface area contributed by atoms with Gasteiger partial charge in [-0.1, -0.05) is 12.1 Å². The number of aromatic amines is 1. The number of hydrogen-bond donors (Lipinski definition) is 4. The lowest BCUT2D eigenvalue weighted by Crippen LogP contribution is -2.43. The van der Waals surface area contributed by atoms with Gasteiger partial charge in [0.2, 0.25) is 0 Å². The number of benzene rings is 2. The smallest absolute Gasteiger partial charge is 0.259 e. The summed E-state index contributed by atoms with van der Waals surface area (Å²) < 4.78 is 5.35. The molecule has 4 N–H and O–H groups in total. The van der Waals surface area contributed by atoms with E-state index >= 15 is 0 Å². The Hall–Kier alpha value is -3.46. The highest BCUT2D eigenvalue weighted by Gasteiger charge is 2.22. The fourth-order valence-corrected chi connectivity index (χ4v) is 4.93. The molecule has 4 aromatic rings. The van der Waals surface area contributed by atoms with Crippen LogP contribution in [0.4, 0.5) is 0 Å². The summed E-state index contributed by atoms with van der Waals surface area (Å²) in [6, 6.07) is 14.9. The zero-order valence-electron chi connectivity index (χ0n) is 19.7. The number of fused-ring (bicyclic) bond motifs is 2. The topological polar surface area (TPSA) is 111 Å². The van der Waals surface area contributed by atoms with Crippen molar-refractivity contribution in [1.82, 2.24) is 20.2 Å². The van der Waals surface area contributed by atoms with Crippen molar-refractivity contribution in [2.75, 3.05) is 26.7 Å². The lowest BCUT2D eigenvalue weighted by atomic mass is 10.0. The summed E-state index contributed by atoms with van der Waals surface area (Å²) in [7, 11) is 1.63. The number of likely N-dealkylation sites (tertiary alicyclic amines) is 1. The summed E-state index contributed by atoms with van der Waals surface area (Å²) in [5.41, 5.74) is 2.22. The molecule has 1 aliphatic heterocycles. The first-order chi connectivity index (χ1) is 17.0. The van der Waals surface area contributed by atoms with Gasteiger partial charge in [0, 0.05) is 36.4 Å². The van der Waals surface area contributed by atoms with Gasteiger partial charge in [-0.25, -0.2) is 0 Å². The summed E-state index contributed by atoms with van der Waals surface area (Å²) in [5.74, 6) is 0.743. The van der Waals surface area contributed by atoms with Crippen molar-refractivity contribution in [2.24, 2.45) is 0 Å². The Morgan fingerprint density at radius 3 is 2.83 bits per heavy atom. The zero-order chi connectivity index (χ0) is 24.4. The third-order valence-electron chi connectivity index (χ3n) is 6.85. The SMILES string of the molecule is COc1ccc2nccc([C@@H](O)CN3CCC(NCc4cc5cccc(O)c5c(=O)[nH]4)CC3)c2c1. The molecule has 1 fully saturated rings. The van der Waals surface area contributed by atoms with Crippen LogP contribution in [0, 0.1) is 0 Å². The molecule has 182 valence electrons. The van der Waals surface area contributed by atoms with Gasteiger partial charge < -0.3 is 30.2 Å². The molecular formula is C27H30N4O4. The number of nitrogens with zero attached hydrogens (tertiary/aromatic N) is 2. The van der Waals surface area contributed by atoms with E-state index in [4.69, 9.17) is 4.74 Å². The third-order valence-corrected chi connectivity index (χ3v) is 6.85. The van der Waals surface area contributed by atoms with Crippen LogP contribution in [-0.4, -0.2) is 57.9 Å². The lowest BCUT2D eigenvalue weighted by Gasteiger charge is -2.33. The first kappa shape index (κ1) is 23.3. The molecule has 8 nitrogen and oxygen atoms in total. The van der Waals surface area contributed by atoms with E-state index in [-0.39, 0.29) is 11.3 Å². The van der Waals surface area contributed by atoms with Crippen LogP contribution < -0.4 is 15.6 Å². The maximum atomic E-state index is 12.4. The fourth-order valence-electron chi connectivity index (χ4n) is 4.93. The van der Waals surface area contributed by atoms with Gasteiger partial charge in [0.1, 0.15) is 11.5 Å². The average molecular weight is 475 g/mol. The van der Waals surface area contributed by atoms with Crippen molar-refractivity contribution in [2.45, 2.75) is 31.5 Å². The summed E-state index contributed by atoms with van der Waals surface area (Å²) in [6.45, 7) is 2.87. The van der Waals surface area contributed by atoms with Crippen LogP contribution in [-0.2, 0) is 6.54 Å². The molecule has 35 heavy (non-hydrogen) atoms. The minimum Gasteiger partial charge on any atom is -0.507 e. The van der Waals surface area contributed by atoms with Crippen molar-refractivity contribution in [1.29, 1.82) is 0 Å². The number of aromatic hydroxyl groups is 1. The van der Waals surface area contributed by atoms with Crippen molar-refractivity contribution < 1.29 is 14.9 Å². The zero-order valence-corrected chi connectivity index (χ0v) is 19.7. The summed E-state index contributed by atoms with van der Waals surface area (Å²) >= 11 is 0. The highest BCUT2D eigenvalue weighted by atomic mass is 16.5. The van der Waals surface area contributed by atoms with E-state index in [2.05, 4.69) is 20.2 Å². The fraction of sp³-hybridized carbons (Fsp3) is 0.333. The van der Waals surface area contributed by atoms with Crippen LogP contribution in [0.1, 0.15) is 30.2 Å². The minimum atomic E-state index is -0.615. The molecule has 0 bridgehead atoms. The molecule has 0 amide bonds. The second kappa shape index (κ2) is 10.0. The Morgan fingerprint density at radius 2 is 2.03 bits per heavy atom. The molecule has 8 heteroatoms. The van der Waals surface area contributed by atoms with Gasteiger partial charge in [0.05, 0.1) is 24.1 Å². The molecule has 1 aliphatic rings. The number of methoxy groups -OCH3 is 1. The molecule has 0 aliphatic carbocycles. The first-order valence-electron chi connectivity index (χ1n) is 11.9. The van der Waals surface area contributed by atoms with Crippen LogP contribution in [0.25, 0.3) is 21.7 Å². The lowest BCUT2D eigenvalue weighted by molar-refractivity contribution is 0.0948. The summed E-state index contributed by atoms with van der Waals surface area (Å²) in [5, 5.41) is 26.5. The van der Waals surface area contributed by atoms with Crippen LogP contribution in [0.3, 0.4) is 0 Å². The number of rotatable bonds is 7. The molecule has 2 aromatic carbocycles. The van der Waals surface area contributed by atoms with E-state index in [0.29, 0.717) is 24.5 Å². The number of nitrogens with one attached hydrogen (secondary N) is 2. The molecule has 0 saturated carbocycles. The molecular weight excluding hydrogens is 444 g/mol. The number of pyridine rings is 2. The van der Waals surface area contributed by atoms with E-state index in [1.54, 1.807) is 19.4 Å². The molecule has 0 spiro atoms. The summed E-state index contributed by atoms with van der Waals surface area (Å²) in [6.07, 6.45) is 3.03. The maximum Gasteiger partial charge on any atom is 0.259 e. The van der Waals surface area contributed by atoms with Crippen molar-refractivity contribution >= 4 is 21.7 Å². The second-order valence-corrected chi connectivity index (χ2v) is 9.12. The number of piperidine rings is 1. The number of aliphatic hydroxyl groups is 1. The Balaban J connectivity index is 1.17. The Bertz CT molecular complexity index is 1400. The number of hydrogen-bond acceptors (Lipinski definition) is 7. The van der Waals surface area contributed by atoms with E-state index in [1.807, 2.05) is 36.4 Å². The largest absolute Gasteiger partial charge is 0.507 e. The Kier molecular flexibility index (Phi) is 6.68. The average Bonchev–Trinajstić information content (AvgIpc) is 2.87. The quantitative estimate of drug-likeness (QED) is 0.326. The van der Waals surface area contributed by atoms with Gasteiger partial charge in [0.25, 0.3) is 5.56 Å². The minimum absolute atomic E-state index is 0.00304. The van der Waals surface area contributed by atoms with E-state index in [9.17, 15) is 15.0 Å². The predicted molar refractivity (Wildman–Crippen MR) is 136 cm³/mol. The molecule has 0 radical (unpaired) electrons. The van der Waals surface area contributed by atoms with Gasteiger partial charge in [-0.05, 0) is 73.3 Å². The molecule has 1 atom stereocenters. The number of H-pyrrole nitrogens is 1. The number of phenolic OH excluding ortho intramolecular Hbond substituents is 1. The van der Waals surface area contributed by atoms with Gasteiger partial charge in [-0.3, -0.25) is 9.78 Å². The molecule has 5 rings (SSSR count). The van der Waals surface area contributed by atoms with Crippen molar-refractivity contribution in [3.05, 3.63) is 76.3 Å². The van der Waals surface area contributed by atoms with E-state index < -0.39 is 6.10 Å². The van der Waals surface area contributed by atoms with Crippen LogP contribution >= 0.6 is 0 Å². The standard InChI is InChI=1S/C27H30N4O4/c1-35-20-5-6-23-22(14-20)21(7-10-28-23)25(33)16-31-11-8-18(9-12-31)29-15-19-13-17-3-2-4-24(32)26(17)27(34)30-19/h2-7,10,13-14,18,25,29,32-33H,8-9,11-12,15-16H2,1H3,(H,30,34)/t25-/m0/s1. The molecule has 3 heterocycles. The Morgan fingerprint density at radius 1 is 1.20 bits per heavy atom. The van der Waals surface area contributed by atoms with Crippen LogP contribution in [0.2, 0.25) is 0 Å². The van der Waals surface area contributed by atoms with Gasteiger partial charge in [-0.15, -0.1) is 0 Å². The van der Waals surface area contributed by atoms with Crippen molar-refractivity contribution in [3.8, 4) is 11.5 Å². The van der Waals surface area contributed by atoms with Gasteiger partial charge >= 0.3 is 0 Å². The highest BCUT2D eigenvalue weighted by Crippen LogP contribution is 2.28. The van der Waals surface area contributed by atoms with Gasteiger partial charge in [-0.2, -0.15) is 0 Å². The molecule has 2 aromatic heterocycles.